The molecule has 76 valence electrons. The normalized spacial score (nSPS) is 13.3. The van der Waals surface area contributed by atoms with E-state index in [-0.39, 0.29) is 52.1 Å². The molecule has 0 aromatic carbocycles. The van der Waals surface area contributed by atoms with Crippen molar-refractivity contribution < 1.29 is 26.5 Å². The largest absolute Gasteiger partial charge is 0.526 e. The van der Waals surface area contributed by atoms with Gasteiger partial charge in [0.25, 0.3) is 0 Å². The zero-order valence-electron chi connectivity index (χ0n) is 8.09. The van der Waals surface area contributed by atoms with Crippen molar-refractivity contribution in [2.75, 3.05) is 0 Å². The van der Waals surface area contributed by atoms with Gasteiger partial charge in [-0.15, -0.1) is 31.2 Å². The van der Waals surface area contributed by atoms with Crippen LogP contribution in [-0.2, 0) is 26.5 Å². The summed E-state index contributed by atoms with van der Waals surface area (Å²) in [6.45, 7) is 6.11. The minimum absolute atomic E-state index is 0. The van der Waals surface area contributed by atoms with E-state index in [1.54, 1.807) is 0 Å². The fourth-order valence-corrected chi connectivity index (χ4v) is 0.784. The summed E-state index contributed by atoms with van der Waals surface area (Å²) in [5, 5.41) is 0. The summed E-state index contributed by atoms with van der Waals surface area (Å²) < 4.78 is 5.52. The van der Waals surface area contributed by atoms with Gasteiger partial charge in [-0.3, -0.25) is 0 Å². The Balaban J connectivity index is -0.000000333. The maximum atomic E-state index is 5.52. The van der Waals surface area contributed by atoms with Crippen molar-refractivity contribution in [1.82, 2.24) is 0 Å². The first-order chi connectivity index (χ1) is 4.58. The van der Waals surface area contributed by atoms with E-state index in [0.717, 1.165) is 12.2 Å². The maximum Gasteiger partial charge on any atom is 0.0960 e. The fraction of sp³-hybridized carbons (Fsp3) is 0.556. The summed E-state index contributed by atoms with van der Waals surface area (Å²) in [7, 11) is 0. The number of halogens is 2. The van der Waals surface area contributed by atoms with E-state index < -0.39 is 0 Å². The second-order valence-electron chi connectivity index (χ2n) is 3.36. The number of hydrogen-bond donors (Lipinski definition) is 0. The van der Waals surface area contributed by atoms with Gasteiger partial charge in [-0.05, 0) is 20.8 Å². The molecule has 1 rings (SSSR count). The van der Waals surface area contributed by atoms with E-state index in [9.17, 15) is 0 Å². The van der Waals surface area contributed by atoms with Gasteiger partial charge in [0, 0.05) is 21.7 Å². The van der Waals surface area contributed by atoms with Crippen LogP contribution >= 0.6 is 24.8 Å². The first-order valence-electron chi connectivity index (χ1n) is 3.54. The summed E-state index contributed by atoms with van der Waals surface area (Å²) in [4.78, 5) is 0. The zero-order valence-corrected chi connectivity index (χ0v) is 11.3. The number of rotatable bonds is 1. The van der Waals surface area contributed by atoms with Gasteiger partial charge < -0.3 is 4.74 Å². The maximum absolute atomic E-state index is 5.52. The summed E-state index contributed by atoms with van der Waals surface area (Å²) >= 11 is 0. The third kappa shape index (κ3) is 8.89. The van der Waals surface area contributed by atoms with E-state index in [4.69, 9.17) is 4.74 Å². The van der Waals surface area contributed by atoms with E-state index >= 15 is 0 Å². The predicted octanol–water partition coefficient (Wildman–Crippen LogP) is 3.29. The summed E-state index contributed by atoms with van der Waals surface area (Å²) in [6, 6.07) is 0. The van der Waals surface area contributed by atoms with E-state index in [2.05, 4.69) is 6.08 Å². The zero-order chi connectivity index (χ0) is 7.61. The van der Waals surface area contributed by atoms with Crippen molar-refractivity contribution in [1.29, 1.82) is 0 Å². The van der Waals surface area contributed by atoms with Gasteiger partial charge in [-0.1, -0.05) is 5.76 Å². The van der Waals surface area contributed by atoms with E-state index in [0.29, 0.717) is 0 Å². The molecule has 0 atom stereocenters. The SMILES string of the molecule is CC(C)(C)OC1=[C-]CC=C1.Cl.Cl.[Ti]. The molecule has 4 heteroatoms. The second-order valence-corrected chi connectivity index (χ2v) is 3.36. The number of ether oxygens (including phenoxy) is 1. The molecule has 0 radical (unpaired) electrons. The van der Waals surface area contributed by atoms with Gasteiger partial charge in [0.15, 0.2) is 0 Å². The minimum Gasteiger partial charge on any atom is -0.526 e. The van der Waals surface area contributed by atoms with E-state index in [1.165, 1.54) is 0 Å². The Morgan fingerprint density at radius 2 is 1.85 bits per heavy atom. The molecule has 13 heavy (non-hydrogen) atoms. The fourth-order valence-electron chi connectivity index (χ4n) is 0.784. The van der Waals surface area contributed by atoms with Crippen LogP contribution in [0, 0.1) is 6.08 Å². The predicted molar refractivity (Wildman–Crippen MR) is 55.8 cm³/mol. The van der Waals surface area contributed by atoms with Crippen LogP contribution in [0.25, 0.3) is 0 Å². The molecule has 0 aliphatic heterocycles. The molecule has 0 aromatic rings. The third-order valence-electron chi connectivity index (χ3n) is 1.08. The smallest absolute Gasteiger partial charge is 0.0960 e. The summed E-state index contributed by atoms with van der Waals surface area (Å²) in [5.74, 6) is 0.882. The Kier molecular flexibility index (Phi) is 11.7. The van der Waals surface area contributed by atoms with Gasteiger partial charge in [0.2, 0.25) is 0 Å². The second kappa shape index (κ2) is 7.93. The Labute approximate surface area is 108 Å². The molecule has 1 nitrogen and oxygen atoms in total. The minimum atomic E-state index is -0.0863. The van der Waals surface area contributed by atoms with Gasteiger partial charge in [-0.25, -0.2) is 6.08 Å². The van der Waals surface area contributed by atoms with E-state index in [1.807, 2.05) is 32.9 Å². The van der Waals surface area contributed by atoms with Crippen molar-refractivity contribution in [2.24, 2.45) is 0 Å². The molecule has 0 fully saturated rings. The van der Waals surface area contributed by atoms with Crippen molar-refractivity contribution in [3.8, 4) is 0 Å². The molecule has 0 saturated heterocycles. The van der Waals surface area contributed by atoms with Crippen LogP contribution in [0.15, 0.2) is 17.9 Å². The van der Waals surface area contributed by atoms with Crippen LogP contribution in [0.1, 0.15) is 27.2 Å². The van der Waals surface area contributed by atoms with Gasteiger partial charge in [0.05, 0.1) is 5.60 Å². The molecule has 0 saturated carbocycles. The van der Waals surface area contributed by atoms with Gasteiger partial charge in [0.1, 0.15) is 0 Å². The van der Waals surface area contributed by atoms with Crippen molar-refractivity contribution >= 4 is 24.8 Å². The average molecular weight is 258 g/mol. The molecule has 0 spiro atoms. The molecule has 1 aliphatic rings. The van der Waals surface area contributed by atoms with Gasteiger partial charge in [-0.2, -0.15) is 12.2 Å². The first kappa shape index (κ1) is 19.2. The molecule has 0 unspecified atom stereocenters. The average Bonchev–Trinajstić information content (AvgIpc) is 2.12. The molecule has 1 aliphatic carbocycles. The molecule has 0 aromatic heterocycles. The first-order valence-corrected chi connectivity index (χ1v) is 3.54. The quantitative estimate of drug-likeness (QED) is 0.518. The van der Waals surface area contributed by atoms with Crippen LogP contribution in [-0.4, -0.2) is 5.60 Å². The van der Waals surface area contributed by atoms with Crippen molar-refractivity contribution in [3.05, 3.63) is 24.0 Å². The van der Waals surface area contributed by atoms with Crippen LogP contribution in [0.4, 0.5) is 0 Å². The molecular weight excluding hydrogens is 243 g/mol. The Morgan fingerprint density at radius 3 is 2.15 bits per heavy atom. The van der Waals surface area contributed by atoms with Crippen LogP contribution in [0.2, 0.25) is 0 Å². The molecule has 0 bridgehead atoms. The van der Waals surface area contributed by atoms with Crippen molar-refractivity contribution in [2.45, 2.75) is 32.8 Å². The van der Waals surface area contributed by atoms with Crippen LogP contribution in [0.3, 0.4) is 0 Å². The number of hydrogen-bond acceptors (Lipinski definition) is 1. The van der Waals surface area contributed by atoms with Crippen LogP contribution < -0.4 is 0 Å². The summed E-state index contributed by atoms with van der Waals surface area (Å²) in [5.41, 5.74) is -0.0863. The summed E-state index contributed by atoms with van der Waals surface area (Å²) in [6.07, 6.45) is 8.00. The topological polar surface area (TPSA) is 9.23 Å². The van der Waals surface area contributed by atoms with Gasteiger partial charge >= 0.3 is 0 Å². The van der Waals surface area contributed by atoms with Crippen LogP contribution in [0.5, 0.6) is 0 Å². The Hall–Kier alpha value is 0.574. The Bertz CT molecular complexity index is 183. The third-order valence-corrected chi connectivity index (χ3v) is 1.08. The standard InChI is InChI=1S/C9H13O.2ClH.Ti/c1-9(2,3)10-8-6-4-5-7-8;;;/h4,6H,5H2,1-3H3;2*1H;/q-1;;;. The van der Waals surface area contributed by atoms with Crippen molar-refractivity contribution in [3.63, 3.8) is 0 Å². The monoisotopic (exact) mass is 257 g/mol. The molecule has 0 heterocycles. The molecular formula is C9H15Cl2OTi-. The molecule has 0 amide bonds. The number of allylic oxidation sites excluding steroid dienone is 3. The molecule has 0 N–H and O–H groups in total. The Morgan fingerprint density at radius 1 is 1.31 bits per heavy atom.